The van der Waals surface area contributed by atoms with Crippen molar-refractivity contribution in [1.29, 1.82) is 0 Å². The lowest BCUT2D eigenvalue weighted by molar-refractivity contribution is -0.124. The van der Waals surface area contributed by atoms with Gasteiger partial charge in [-0.05, 0) is 44.1 Å². The Balaban J connectivity index is 1.68. The highest BCUT2D eigenvalue weighted by Crippen LogP contribution is 2.30. The summed E-state index contributed by atoms with van der Waals surface area (Å²) in [7, 11) is 1.69. The summed E-state index contributed by atoms with van der Waals surface area (Å²) in [5.41, 5.74) is 5.38. The third kappa shape index (κ3) is 4.17. The molecule has 1 heterocycles. The predicted molar refractivity (Wildman–Crippen MR) is 77.3 cm³/mol. The van der Waals surface area contributed by atoms with Gasteiger partial charge in [-0.25, -0.2) is 0 Å². The molecular weight excluding hydrogens is 256 g/mol. The summed E-state index contributed by atoms with van der Waals surface area (Å²) in [5.74, 6) is 1.34. The van der Waals surface area contributed by atoms with Gasteiger partial charge in [-0.2, -0.15) is 0 Å². The highest BCUT2D eigenvalue weighted by atomic mass is 16.5. The summed E-state index contributed by atoms with van der Waals surface area (Å²) in [5, 5.41) is 3.02. The van der Waals surface area contributed by atoms with Crippen LogP contribution in [0, 0.1) is 11.8 Å². The van der Waals surface area contributed by atoms with E-state index in [0.717, 1.165) is 25.8 Å². The van der Waals surface area contributed by atoms with Gasteiger partial charge in [0, 0.05) is 33.1 Å². The molecule has 2 rings (SSSR count). The van der Waals surface area contributed by atoms with E-state index in [9.17, 15) is 4.79 Å². The summed E-state index contributed by atoms with van der Waals surface area (Å²) in [4.78, 5) is 12.0. The van der Waals surface area contributed by atoms with Crippen molar-refractivity contribution in [2.75, 3.05) is 33.4 Å². The zero-order valence-electron chi connectivity index (χ0n) is 12.5. The molecule has 1 unspecified atom stereocenters. The maximum Gasteiger partial charge on any atom is 0.220 e. The number of hydrogen-bond donors (Lipinski definition) is 2. The van der Waals surface area contributed by atoms with Crippen molar-refractivity contribution in [3.05, 3.63) is 0 Å². The van der Waals surface area contributed by atoms with Crippen LogP contribution in [0.25, 0.3) is 0 Å². The quantitative estimate of drug-likeness (QED) is 0.765. The van der Waals surface area contributed by atoms with Crippen LogP contribution < -0.4 is 11.1 Å². The molecule has 116 valence electrons. The number of amides is 1. The molecule has 0 aromatic carbocycles. The summed E-state index contributed by atoms with van der Waals surface area (Å²) < 4.78 is 10.9. The Morgan fingerprint density at radius 2 is 2.05 bits per heavy atom. The molecule has 1 amide bonds. The Labute approximate surface area is 121 Å². The molecule has 1 aliphatic carbocycles. The van der Waals surface area contributed by atoms with E-state index in [2.05, 4.69) is 5.32 Å². The van der Waals surface area contributed by atoms with Crippen molar-refractivity contribution in [3.8, 4) is 0 Å². The Morgan fingerprint density at radius 1 is 1.35 bits per heavy atom. The van der Waals surface area contributed by atoms with Crippen molar-refractivity contribution in [1.82, 2.24) is 5.32 Å². The van der Waals surface area contributed by atoms with Crippen molar-refractivity contribution in [3.63, 3.8) is 0 Å². The fraction of sp³-hybridized carbons (Fsp3) is 0.933. The molecule has 0 radical (unpaired) electrons. The van der Waals surface area contributed by atoms with E-state index in [4.69, 9.17) is 15.2 Å². The van der Waals surface area contributed by atoms with E-state index >= 15 is 0 Å². The minimum absolute atomic E-state index is 0.143. The molecule has 5 nitrogen and oxygen atoms in total. The second-order valence-electron chi connectivity index (χ2n) is 6.29. The topological polar surface area (TPSA) is 73.6 Å². The second-order valence-corrected chi connectivity index (χ2v) is 6.29. The fourth-order valence-electron chi connectivity index (χ4n) is 3.23. The third-order valence-electron chi connectivity index (χ3n) is 4.88. The van der Waals surface area contributed by atoms with Crippen LogP contribution in [0.3, 0.4) is 0 Å². The Morgan fingerprint density at radius 3 is 2.60 bits per heavy atom. The van der Waals surface area contributed by atoms with Crippen LogP contribution in [0.2, 0.25) is 0 Å². The number of methoxy groups -OCH3 is 1. The smallest absolute Gasteiger partial charge is 0.220 e. The van der Waals surface area contributed by atoms with Gasteiger partial charge in [0.25, 0.3) is 0 Å². The molecule has 0 aromatic rings. The van der Waals surface area contributed by atoms with Gasteiger partial charge in [-0.3, -0.25) is 4.79 Å². The van der Waals surface area contributed by atoms with Gasteiger partial charge in [0.2, 0.25) is 5.91 Å². The molecule has 1 saturated carbocycles. The third-order valence-corrected chi connectivity index (χ3v) is 4.88. The number of hydrogen-bond acceptors (Lipinski definition) is 4. The number of ether oxygens (including phenoxy) is 2. The van der Waals surface area contributed by atoms with Crippen LogP contribution in [0.5, 0.6) is 0 Å². The lowest BCUT2D eigenvalue weighted by atomic mass is 9.80. The SMILES string of the molecule is COC1(CNC(=O)CC2CCC(CN)CC2)CCOC1. The van der Waals surface area contributed by atoms with Gasteiger partial charge in [-0.15, -0.1) is 0 Å². The largest absolute Gasteiger partial charge is 0.378 e. The van der Waals surface area contributed by atoms with E-state index in [1.165, 1.54) is 12.8 Å². The summed E-state index contributed by atoms with van der Waals surface area (Å²) in [6, 6.07) is 0. The molecule has 1 aliphatic heterocycles. The molecule has 2 aliphatic rings. The lowest BCUT2D eigenvalue weighted by Crippen LogP contribution is -2.45. The highest BCUT2D eigenvalue weighted by Gasteiger charge is 2.35. The lowest BCUT2D eigenvalue weighted by Gasteiger charge is -2.28. The fourth-order valence-corrected chi connectivity index (χ4v) is 3.23. The summed E-state index contributed by atoms with van der Waals surface area (Å²) in [6.07, 6.45) is 6.10. The van der Waals surface area contributed by atoms with E-state index in [1.807, 2.05) is 0 Å². The van der Waals surface area contributed by atoms with Crippen molar-refractivity contribution in [2.45, 2.75) is 44.1 Å². The van der Waals surface area contributed by atoms with E-state index in [0.29, 0.717) is 38.0 Å². The van der Waals surface area contributed by atoms with Crippen LogP contribution in [-0.4, -0.2) is 44.9 Å². The standard InChI is InChI=1S/C15H28N2O3/c1-19-15(6-7-20-11-15)10-17-14(18)8-12-2-4-13(9-16)5-3-12/h12-13H,2-11,16H2,1H3,(H,17,18). The number of carbonyl (C=O) groups excluding carboxylic acids is 1. The highest BCUT2D eigenvalue weighted by molar-refractivity contribution is 5.76. The van der Waals surface area contributed by atoms with Crippen molar-refractivity contribution >= 4 is 5.91 Å². The van der Waals surface area contributed by atoms with Crippen LogP contribution in [0.4, 0.5) is 0 Å². The van der Waals surface area contributed by atoms with E-state index < -0.39 is 0 Å². The Kier molecular flexibility index (Phi) is 5.81. The molecule has 3 N–H and O–H groups in total. The van der Waals surface area contributed by atoms with Crippen LogP contribution >= 0.6 is 0 Å². The van der Waals surface area contributed by atoms with Crippen LogP contribution in [-0.2, 0) is 14.3 Å². The first-order chi connectivity index (χ1) is 9.67. The summed E-state index contributed by atoms with van der Waals surface area (Å²) >= 11 is 0. The predicted octanol–water partition coefficient (Wildman–Crippen LogP) is 1.06. The minimum Gasteiger partial charge on any atom is -0.378 e. The number of nitrogens with two attached hydrogens (primary N) is 1. The van der Waals surface area contributed by atoms with Crippen molar-refractivity contribution < 1.29 is 14.3 Å². The molecule has 0 bridgehead atoms. The number of rotatable bonds is 6. The normalized spacial score (nSPS) is 34.1. The van der Waals surface area contributed by atoms with Gasteiger partial charge >= 0.3 is 0 Å². The van der Waals surface area contributed by atoms with Gasteiger partial charge < -0.3 is 20.5 Å². The number of nitrogens with one attached hydrogen (secondary N) is 1. The first-order valence-electron chi connectivity index (χ1n) is 7.77. The molecular formula is C15H28N2O3. The molecule has 1 atom stereocenters. The summed E-state index contributed by atoms with van der Waals surface area (Å²) in [6.45, 7) is 2.63. The first-order valence-corrected chi connectivity index (χ1v) is 7.77. The van der Waals surface area contributed by atoms with E-state index in [-0.39, 0.29) is 11.5 Å². The Hall–Kier alpha value is -0.650. The van der Waals surface area contributed by atoms with E-state index in [1.54, 1.807) is 7.11 Å². The molecule has 20 heavy (non-hydrogen) atoms. The molecule has 0 spiro atoms. The zero-order chi connectivity index (χ0) is 14.4. The molecule has 5 heteroatoms. The maximum atomic E-state index is 12.0. The molecule has 1 saturated heterocycles. The van der Waals surface area contributed by atoms with Crippen LogP contribution in [0.15, 0.2) is 0 Å². The molecule has 2 fully saturated rings. The van der Waals surface area contributed by atoms with Gasteiger partial charge in [0.15, 0.2) is 0 Å². The average Bonchev–Trinajstić information content (AvgIpc) is 2.95. The second kappa shape index (κ2) is 7.38. The van der Waals surface area contributed by atoms with Crippen molar-refractivity contribution in [2.24, 2.45) is 17.6 Å². The van der Waals surface area contributed by atoms with Gasteiger partial charge in [-0.1, -0.05) is 0 Å². The average molecular weight is 284 g/mol. The number of carbonyl (C=O) groups is 1. The minimum atomic E-state index is -0.313. The first kappa shape index (κ1) is 15.7. The van der Waals surface area contributed by atoms with Crippen LogP contribution in [0.1, 0.15) is 38.5 Å². The Bertz CT molecular complexity index is 308. The maximum absolute atomic E-state index is 12.0. The van der Waals surface area contributed by atoms with Gasteiger partial charge in [0.1, 0.15) is 5.60 Å². The molecule has 0 aromatic heterocycles. The zero-order valence-corrected chi connectivity index (χ0v) is 12.5. The van der Waals surface area contributed by atoms with Gasteiger partial charge in [0.05, 0.1) is 6.61 Å². The monoisotopic (exact) mass is 284 g/mol.